The van der Waals surface area contributed by atoms with Crippen molar-refractivity contribution in [2.75, 3.05) is 18.9 Å². The minimum absolute atomic E-state index is 0.0485. The Morgan fingerprint density at radius 1 is 1.21 bits per heavy atom. The molecule has 2 aromatic rings. The Morgan fingerprint density at radius 3 is 2.45 bits per heavy atom. The zero-order valence-electron chi connectivity index (χ0n) is 15.1. The van der Waals surface area contributed by atoms with Gasteiger partial charge in [0, 0.05) is 19.5 Å². The molecule has 1 fully saturated rings. The van der Waals surface area contributed by atoms with Gasteiger partial charge in [-0.25, -0.2) is 4.39 Å². The van der Waals surface area contributed by atoms with Crippen molar-refractivity contribution < 1.29 is 27.2 Å². The van der Waals surface area contributed by atoms with Crippen LogP contribution in [0.5, 0.6) is 0 Å². The van der Waals surface area contributed by atoms with Gasteiger partial charge in [0.05, 0.1) is 16.8 Å². The minimum Gasteiger partial charge on any atom is -0.344 e. The highest BCUT2D eigenvalue weighted by atomic mass is 19.4. The number of nitriles is 1. The Bertz CT molecular complexity index is 996. The summed E-state index contributed by atoms with van der Waals surface area (Å²) < 4.78 is 51.6. The van der Waals surface area contributed by atoms with Crippen molar-refractivity contribution in [3.8, 4) is 6.07 Å². The standard InChI is InChI=1S/C20H15F4N3O2/c1-27-10-15(11-2-4-13(5-3-11)20(22,23)24)17(19(27)29)18(28)26-16-7-6-14(21)8-12(16)9-25/h2-8,15,17H,10H2,1H3,(H,26,28)/t15-,17+/m1/s1. The molecule has 3 rings (SSSR count). The molecule has 1 N–H and O–H groups in total. The van der Waals surface area contributed by atoms with Gasteiger partial charge in [0.2, 0.25) is 11.8 Å². The van der Waals surface area contributed by atoms with Crippen LogP contribution in [0.1, 0.15) is 22.6 Å². The second-order valence-corrected chi connectivity index (χ2v) is 6.71. The molecule has 0 spiro atoms. The third-order valence-corrected chi connectivity index (χ3v) is 4.82. The number of likely N-dealkylation sites (N-methyl/N-ethyl adjacent to an activating group) is 1. The van der Waals surface area contributed by atoms with Crippen LogP contribution in [-0.4, -0.2) is 30.3 Å². The second kappa shape index (κ2) is 7.54. The van der Waals surface area contributed by atoms with Gasteiger partial charge in [-0.2, -0.15) is 18.4 Å². The first-order chi connectivity index (χ1) is 13.6. The van der Waals surface area contributed by atoms with Crippen LogP contribution < -0.4 is 5.32 Å². The number of carbonyl (C=O) groups excluding carboxylic acids is 2. The Labute approximate surface area is 163 Å². The molecule has 0 radical (unpaired) electrons. The lowest BCUT2D eigenvalue weighted by Crippen LogP contribution is -2.33. The molecule has 0 aromatic heterocycles. The number of hydrogen-bond acceptors (Lipinski definition) is 3. The van der Waals surface area contributed by atoms with Gasteiger partial charge >= 0.3 is 6.18 Å². The fraction of sp³-hybridized carbons (Fsp3) is 0.250. The summed E-state index contributed by atoms with van der Waals surface area (Å²) in [6, 6.07) is 9.29. The van der Waals surface area contributed by atoms with Crippen LogP contribution in [0, 0.1) is 23.1 Å². The van der Waals surface area contributed by atoms with Crippen molar-refractivity contribution in [3.63, 3.8) is 0 Å². The zero-order chi connectivity index (χ0) is 21.3. The molecule has 2 aromatic carbocycles. The van der Waals surface area contributed by atoms with Crippen LogP contribution in [0.2, 0.25) is 0 Å². The maximum atomic E-state index is 13.3. The van der Waals surface area contributed by atoms with Gasteiger partial charge in [0.15, 0.2) is 0 Å². The molecule has 0 aliphatic carbocycles. The summed E-state index contributed by atoms with van der Waals surface area (Å²) >= 11 is 0. The molecule has 9 heteroatoms. The van der Waals surface area contributed by atoms with Crippen molar-refractivity contribution >= 4 is 17.5 Å². The van der Waals surface area contributed by atoms with E-state index in [4.69, 9.17) is 5.26 Å². The number of carbonyl (C=O) groups is 2. The molecule has 0 saturated carbocycles. The summed E-state index contributed by atoms with van der Waals surface area (Å²) in [7, 11) is 1.49. The molecule has 2 amide bonds. The Balaban J connectivity index is 1.89. The summed E-state index contributed by atoms with van der Waals surface area (Å²) in [4.78, 5) is 26.6. The number of alkyl halides is 3. The molecule has 1 saturated heterocycles. The molecule has 1 aliphatic heterocycles. The number of amides is 2. The maximum absolute atomic E-state index is 13.3. The molecule has 0 unspecified atom stereocenters. The van der Waals surface area contributed by atoms with E-state index in [1.165, 1.54) is 30.1 Å². The van der Waals surface area contributed by atoms with Gasteiger partial charge in [-0.1, -0.05) is 12.1 Å². The van der Waals surface area contributed by atoms with E-state index in [0.29, 0.717) is 5.56 Å². The van der Waals surface area contributed by atoms with Crippen molar-refractivity contribution in [2.24, 2.45) is 5.92 Å². The van der Waals surface area contributed by atoms with Crippen LogP contribution in [0.25, 0.3) is 0 Å². The summed E-state index contributed by atoms with van der Waals surface area (Å²) in [5, 5.41) is 11.6. The lowest BCUT2D eigenvalue weighted by molar-refractivity contribution is -0.138. The highest BCUT2D eigenvalue weighted by molar-refractivity contribution is 6.08. The average Bonchev–Trinajstić information content (AvgIpc) is 2.97. The van der Waals surface area contributed by atoms with E-state index in [2.05, 4.69) is 5.32 Å². The summed E-state index contributed by atoms with van der Waals surface area (Å²) in [6.45, 7) is 0.150. The van der Waals surface area contributed by atoms with Crippen LogP contribution in [0.15, 0.2) is 42.5 Å². The molecular weight excluding hydrogens is 390 g/mol. The number of hydrogen-bond donors (Lipinski definition) is 1. The van der Waals surface area contributed by atoms with Gasteiger partial charge in [-0.3, -0.25) is 9.59 Å². The fourth-order valence-electron chi connectivity index (χ4n) is 3.34. The van der Waals surface area contributed by atoms with Crippen molar-refractivity contribution in [1.82, 2.24) is 4.90 Å². The predicted molar refractivity (Wildman–Crippen MR) is 95.1 cm³/mol. The first kappa shape index (κ1) is 20.3. The van der Waals surface area contributed by atoms with Gasteiger partial charge in [0.25, 0.3) is 0 Å². The van der Waals surface area contributed by atoms with Gasteiger partial charge < -0.3 is 10.2 Å². The Hall–Kier alpha value is -3.41. The van der Waals surface area contributed by atoms with E-state index in [1.807, 2.05) is 0 Å². The van der Waals surface area contributed by atoms with E-state index in [0.717, 1.165) is 24.3 Å². The van der Waals surface area contributed by atoms with E-state index in [-0.39, 0.29) is 17.8 Å². The first-order valence-electron chi connectivity index (χ1n) is 8.54. The monoisotopic (exact) mass is 405 g/mol. The second-order valence-electron chi connectivity index (χ2n) is 6.71. The Kier molecular flexibility index (Phi) is 5.29. The largest absolute Gasteiger partial charge is 0.416 e. The first-order valence-corrected chi connectivity index (χ1v) is 8.54. The Morgan fingerprint density at radius 2 is 1.86 bits per heavy atom. The normalized spacial score (nSPS) is 19.2. The lowest BCUT2D eigenvalue weighted by Gasteiger charge is -2.18. The van der Waals surface area contributed by atoms with Crippen LogP contribution in [0.3, 0.4) is 0 Å². The smallest absolute Gasteiger partial charge is 0.344 e. The number of halogens is 4. The fourth-order valence-corrected chi connectivity index (χ4v) is 3.34. The highest BCUT2D eigenvalue weighted by Crippen LogP contribution is 2.36. The number of anilines is 1. The molecule has 2 atom stereocenters. The third-order valence-electron chi connectivity index (χ3n) is 4.82. The summed E-state index contributed by atoms with van der Waals surface area (Å²) in [6.07, 6.45) is -4.49. The summed E-state index contributed by atoms with van der Waals surface area (Å²) in [5.74, 6) is -3.71. The molecular formula is C20H15F4N3O2. The number of rotatable bonds is 3. The molecule has 29 heavy (non-hydrogen) atoms. The van der Waals surface area contributed by atoms with Gasteiger partial charge in [0.1, 0.15) is 17.8 Å². The van der Waals surface area contributed by atoms with Gasteiger partial charge in [-0.15, -0.1) is 0 Å². The van der Waals surface area contributed by atoms with Gasteiger partial charge in [-0.05, 0) is 35.9 Å². The lowest BCUT2D eigenvalue weighted by atomic mass is 9.87. The third kappa shape index (κ3) is 4.06. The highest BCUT2D eigenvalue weighted by Gasteiger charge is 2.44. The summed E-state index contributed by atoms with van der Waals surface area (Å²) in [5.41, 5.74) is -0.476. The predicted octanol–water partition coefficient (Wildman–Crippen LogP) is 3.53. The molecule has 5 nitrogen and oxygen atoms in total. The maximum Gasteiger partial charge on any atom is 0.416 e. The molecule has 1 heterocycles. The number of nitrogens with one attached hydrogen (secondary N) is 1. The average molecular weight is 405 g/mol. The topological polar surface area (TPSA) is 73.2 Å². The van der Waals surface area contributed by atoms with E-state index < -0.39 is 41.2 Å². The number of benzene rings is 2. The van der Waals surface area contributed by atoms with Crippen LogP contribution in [0.4, 0.5) is 23.2 Å². The quantitative estimate of drug-likeness (QED) is 0.627. The number of nitrogens with zero attached hydrogens (tertiary/aromatic N) is 2. The molecule has 1 aliphatic rings. The van der Waals surface area contributed by atoms with E-state index in [9.17, 15) is 27.2 Å². The minimum atomic E-state index is -4.49. The number of likely N-dealkylation sites (tertiary alicyclic amines) is 1. The SMILES string of the molecule is CN1C[C@H](c2ccc(C(F)(F)F)cc2)[C@@H](C(=O)Nc2ccc(F)cc2C#N)C1=O. The van der Waals surface area contributed by atoms with Crippen LogP contribution >= 0.6 is 0 Å². The molecule has 0 bridgehead atoms. The van der Waals surface area contributed by atoms with E-state index in [1.54, 1.807) is 6.07 Å². The zero-order valence-corrected chi connectivity index (χ0v) is 15.1. The van der Waals surface area contributed by atoms with Crippen molar-refractivity contribution in [3.05, 3.63) is 65.0 Å². The van der Waals surface area contributed by atoms with E-state index >= 15 is 0 Å². The van der Waals surface area contributed by atoms with Crippen molar-refractivity contribution in [1.29, 1.82) is 5.26 Å². The van der Waals surface area contributed by atoms with Crippen molar-refractivity contribution in [2.45, 2.75) is 12.1 Å². The molecule has 150 valence electrons. The van der Waals surface area contributed by atoms with Crippen LogP contribution in [-0.2, 0) is 15.8 Å².